The second kappa shape index (κ2) is 9.87. The van der Waals surface area contributed by atoms with Crippen molar-refractivity contribution in [3.63, 3.8) is 0 Å². The first kappa shape index (κ1) is 19.8. The number of rotatable bonds is 9. The van der Waals surface area contributed by atoms with Crippen LogP contribution >= 0.6 is 11.8 Å². The van der Waals surface area contributed by atoms with E-state index in [0.29, 0.717) is 17.2 Å². The van der Waals surface area contributed by atoms with Gasteiger partial charge in [-0.3, -0.25) is 0 Å². The number of nitrogens with one attached hydrogen (secondary N) is 1. The van der Waals surface area contributed by atoms with Crippen LogP contribution in [0.4, 0.5) is 5.69 Å². The number of hydrogen-bond acceptors (Lipinski definition) is 6. The molecule has 0 radical (unpaired) electrons. The predicted molar refractivity (Wildman–Crippen MR) is 109 cm³/mol. The molecule has 0 unspecified atom stereocenters. The Morgan fingerprint density at radius 3 is 2.08 bits per heavy atom. The van der Waals surface area contributed by atoms with Crippen molar-refractivity contribution in [1.29, 1.82) is 0 Å². The van der Waals surface area contributed by atoms with Gasteiger partial charge in [-0.1, -0.05) is 6.07 Å². The van der Waals surface area contributed by atoms with Crippen LogP contribution in [-0.4, -0.2) is 35.5 Å². The Morgan fingerprint density at radius 2 is 1.54 bits per heavy atom. The molecular weight excluding hydrogens is 350 g/mol. The average Bonchev–Trinajstić information content (AvgIpc) is 2.70. The molecule has 0 bridgehead atoms. The largest absolute Gasteiger partial charge is 0.496 e. The fourth-order valence-corrected chi connectivity index (χ4v) is 3.20. The minimum Gasteiger partial charge on any atom is -0.496 e. The Morgan fingerprint density at radius 1 is 0.885 bits per heavy atom. The van der Waals surface area contributed by atoms with E-state index in [0.717, 1.165) is 22.8 Å². The third-order valence-electron chi connectivity index (χ3n) is 3.87. The molecule has 0 atom stereocenters. The highest BCUT2D eigenvalue weighted by atomic mass is 32.2. The Kier molecular flexibility index (Phi) is 7.53. The summed E-state index contributed by atoms with van der Waals surface area (Å²) in [5, 5.41) is 5.18. The fourth-order valence-electron chi connectivity index (χ4n) is 2.50. The van der Waals surface area contributed by atoms with Gasteiger partial charge < -0.3 is 24.3 Å². The summed E-state index contributed by atoms with van der Waals surface area (Å²) >= 11 is 1.69. The topological polar surface area (TPSA) is 49.0 Å². The van der Waals surface area contributed by atoms with Crippen LogP contribution in [0.5, 0.6) is 23.0 Å². The van der Waals surface area contributed by atoms with Crippen LogP contribution in [0, 0.1) is 0 Å². The van der Waals surface area contributed by atoms with Gasteiger partial charge in [0, 0.05) is 24.9 Å². The molecule has 0 aromatic heterocycles. The van der Waals surface area contributed by atoms with E-state index in [4.69, 9.17) is 18.9 Å². The van der Waals surface area contributed by atoms with Gasteiger partial charge in [0.05, 0.1) is 39.7 Å². The number of thioether (sulfide) groups is 1. The van der Waals surface area contributed by atoms with Gasteiger partial charge in [0.25, 0.3) is 0 Å². The van der Waals surface area contributed by atoms with Crippen LogP contribution in [0.1, 0.15) is 11.1 Å². The first-order valence-corrected chi connectivity index (χ1v) is 9.14. The third kappa shape index (κ3) is 4.79. The molecule has 6 heteroatoms. The molecule has 0 aliphatic carbocycles. The smallest absolute Gasteiger partial charge is 0.141 e. The lowest BCUT2D eigenvalue weighted by molar-refractivity contribution is 0.374. The molecule has 0 amide bonds. The van der Waals surface area contributed by atoms with Crippen molar-refractivity contribution < 1.29 is 18.9 Å². The van der Waals surface area contributed by atoms with Gasteiger partial charge in [-0.25, -0.2) is 0 Å². The molecule has 0 heterocycles. The highest BCUT2D eigenvalue weighted by molar-refractivity contribution is 8.01. The van der Waals surface area contributed by atoms with Crippen molar-refractivity contribution in [2.24, 2.45) is 0 Å². The molecule has 140 valence electrons. The molecule has 0 spiro atoms. The van der Waals surface area contributed by atoms with E-state index >= 15 is 0 Å². The van der Waals surface area contributed by atoms with Crippen LogP contribution in [0.2, 0.25) is 0 Å². The van der Waals surface area contributed by atoms with Gasteiger partial charge in [0.1, 0.15) is 23.0 Å². The SMILES string of the molecule is CNc1cc(CS/C=C/c2c(OC)cc(OC)cc2OC)ccc1OC. The van der Waals surface area contributed by atoms with Crippen molar-refractivity contribution >= 4 is 23.5 Å². The summed E-state index contributed by atoms with van der Waals surface area (Å²) in [6.45, 7) is 0. The monoisotopic (exact) mass is 375 g/mol. The number of benzene rings is 2. The summed E-state index contributed by atoms with van der Waals surface area (Å²) in [6.07, 6.45) is 1.99. The van der Waals surface area contributed by atoms with E-state index < -0.39 is 0 Å². The van der Waals surface area contributed by atoms with E-state index in [9.17, 15) is 0 Å². The minimum atomic E-state index is 0.696. The molecule has 2 aromatic rings. The van der Waals surface area contributed by atoms with E-state index in [1.165, 1.54) is 5.56 Å². The molecule has 0 aliphatic heterocycles. The number of hydrogen-bond donors (Lipinski definition) is 1. The summed E-state index contributed by atoms with van der Waals surface area (Å²) < 4.78 is 21.5. The molecule has 0 fully saturated rings. The van der Waals surface area contributed by atoms with Crippen LogP contribution in [0.15, 0.2) is 35.7 Å². The molecule has 0 saturated heterocycles. The van der Waals surface area contributed by atoms with Gasteiger partial charge in [0.2, 0.25) is 0 Å². The zero-order valence-electron chi connectivity index (χ0n) is 15.8. The molecule has 1 N–H and O–H groups in total. The molecule has 2 rings (SSSR count). The number of methoxy groups -OCH3 is 4. The second-order valence-electron chi connectivity index (χ2n) is 5.34. The van der Waals surface area contributed by atoms with Gasteiger partial charge >= 0.3 is 0 Å². The molecule has 0 aliphatic rings. The molecular formula is C20H25NO4S. The van der Waals surface area contributed by atoms with Gasteiger partial charge in [-0.15, -0.1) is 11.8 Å². The summed E-state index contributed by atoms with van der Waals surface area (Å²) in [4.78, 5) is 0. The maximum Gasteiger partial charge on any atom is 0.141 e. The molecule has 5 nitrogen and oxygen atoms in total. The third-order valence-corrected chi connectivity index (χ3v) is 4.70. The standard InChI is InChI=1S/C20H25NO4S/c1-21-17-10-14(6-7-18(17)23-3)13-26-9-8-16-19(24-4)11-15(22-2)12-20(16)25-5/h6-12,21H,13H2,1-5H3/b9-8+. The lowest BCUT2D eigenvalue weighted by Gasteiger charge is -2.12. The average molecular weight is 375 g/mol. The van der Waals surface area contributed by atoms with Crippen molar-refractivity contribution in [1.82, 2.24) is 0 Å². The summed E-state index contributed by atoms with van der Waals surface area (Å²) in [5.74, 6) is 3.79. The molecule has 2 aromatic carbocycles. The van der Waals surface area contributed by atoms with E-state index in [1.807, 2.05) is 36.7 Å². The predicted octanol–water partition coefficient (Wildman–Crippen LogP) is 4.67. The van der Waals surface area contributed by atoms with Crippen LogP contribution in [0.3, 0.4) is 0 Å². The van der Waals surface area contributed by atoms with Crippen LogP contribution < -0.4 is 24.3 Å². The van der Waals surface area contributed by atoms with Crippen LogP contribution in [0.25, 0.3) is 6.08 Å². The minimum absolute atomic E-state index is 0.696. The highest BCUT2D eigenvalue weighted by Gasteiger charge is 2.10. The van der Waals surface area contributed by atoms with Crippen molar-refractivity contribution in [3.8, 4) is 23.0 Å². The van der Waals surface area contributed by atoms with Crippen molar-refractivity contribution in [2.75, 3.05) is 40.8 Å². The summed E-state index contributed by atoms with van der Waals surface area (Å²) in [5.41, 5.74) is 3.07. The molecule has 0 saturated carbocycles. The Balaban J connectivity index is 2.11. The quantitative estimate of drug-likeness (QED) is 0.687. The van der Waals surface area contributed by atoms with Crippen molar-refractivity contribution in [3.05, 3.63) is 46.9 Å². The maximum atomic E-state index is 5.46. The van der Waals surface area contributed by atoms with E-state index in [2.05, 4.69) is 17.4 Å². The first-order chi connectivity index (χ1) is 12.7. The normalized spacial score (nSPS) is 10.7. The van der Waals surface area contributed by atoms with E-state index in [1.54, 1.807) is 40.2 Å². The maximum absolute atomic E-state index is 5.46. The van der Waals surface area contributed by atoms with Crippen LogP contribution in [-0.2, 0) is 5.75 Å². The first-order valence-electron chi connectivity index (χ1n) is 8.09. The lowest BCUT2D eigenvalue weighted by Crippen LogP contribution is -1.95. The zero-order chi connectivity index (χ0) is 18.9. The van der Waals surface area contributed by atoms with Gasteiger partial charge in [0.15, 0.2) is 0 Å². The fraction of sp³-hybridized carbons (Fsp3) is 0.300. The summed E-state index contributed by atoms with van der Waals surface area (Å²) in [6, 6.07) is 9.81. The summed E-state index contributed by atoms with van der Waals surface area (Å²) in [7, 11) is 8.44. The van der Waals surface area contributed by atoms with Crippen molar-refractivity contribution in [2.45, 2.75) is 5.75 Å². The Bertz CT molecular complexity index is 736. The second-order valence-corrected chi connectivity index (χ2v) is 6.24. The Hall–Kier alpha value is -2.47. The number of ether oxygens (including phenoxy) is 4. The lowest BCUT2D eigenvalue weighted by atomic mass is 10.1. The number of anilines is 1. The zero-order valence-corrected chi connectivity index (χ0v) is 16.6. The molecule has 26 heavy (non-hydrogen) atoms. The highest BCUT2D eigenvalue weighted by Crippen LogP contribution is 2.35. The van der Waals surface area contributed by atoms with E-state index in [-0.39, 0.29) is 0 Å². The van der Waals surface area contributed by atoms with Gasteiger partial charge in [-0.2, -0.15) is 0 Å². The van der Waals surface area contributed by atoms with Gasteiger partial charge in [-0.05, 0) is 29.2 Å². The Labute approximate surface area is 159 Å².